The molecule has 0 aromatic carbocycles. The molecular weight excluding hydrogens is 216 g/mol. The minimum absolute atomic E-state index is 0. The molecule has 0 saturated heterocycles. The van der Waals surface area contributed by atoms with Crippen molar-refractivity contribution in [3.63, 3.8) is 0 Å². The SMILES string of the molecule is CCCC(C(N)=S)c1ccccn1.Cl. The standard InChI is InChI=1S/C10H14N2S.ClH/c1-2-5-8(10(11)13)9-6-3-4-7-12-9;/h3-4,6-8H,2,5H2,1H3,(H2,11,13);1H. The number of aromatic nitrogens is 1. The first kappa shape index (κ1) is 13.3. The van der Waals surface area contributed by atoms with Gasteiger partial charge >= 0.3 is 0 Å². The van der Waals surface area contributed by atoms with E-state index in [1.54, 1.807) is 6.20 Å². The van der Waals surface area contributed by atoms with E-state index >= 15 is 0 Å². The molecule has 0 radical (unpaired) electrons. The number of rotatable bonds is 4. The van der Waals surface area contributed by atoms with Crippen molar-refractivity contribution in [3.05, 3.63) is 30.1 Å². The van der Waals surface area contributed by atoms with Gasteiger partial charge in [0, 0.05) is 6.20 Å². The number of halogens is 1. The number of nitrogens with zero attached hydrogens (tertiary/aromatic N) is 1. The summed E-state index contributed by atoms with van der Waals surface area (Å²) in [5, 5.41) is 0. The largest absolute Gasteiger partial charge is 0.393 e. The lowest BCUT2D eigenvalue weighted by atomic mass is 9.99. The summed E-state index contributed by atoms with van der Waals surface area (Å²) in [6.45, 7) is 2.12. The van der Waals surface area contributed by atoms with Gasteiger partial charge in [0.25, 0.3) is 0 Å². The molecule has 1 atom stereocenters. The van der Waals surface area contributed by atoms with Crippen molar-refractivity contribution in [1.29, 1.82) is 0 Å². The Labute approximate surface area is 96.3 Å². The minimum Gasteiger partial charge on any atom is -0.393 e. The first-order valence-electron chi connectivity index (χ1n) is 4.46. The van der Waals surface area contributed by atoms with Crippen molar-refractivity contribution in [2.45, 2.75) is 25.7 Å². The summed E-state index contributed by atoms with van der Waals surface area (Å²) in [6.07, 6.45) is 3.82. The zero-order valence-corrected chi connectivity index (χ0v) is 9.78. The summed E-state index contributed by atoms with van der Waals surface area (Å²) in [7, 11) is 0. The van der Waals surface area contributed by atoms with Gasteiger partial charge in [0.05, 0.1) is 16.6 Å². The Morgan fingerprint density at radius 1 is 1.57 bits per heavy atom. The molecule has 0 saturated carbocycles. The highest BCUT2D eigenvalue weighted by Crippen LogP contribution is 2.18. The molecule has 14 heavy (non-hydrogen) atoms. The summed E-state index contributed by atoms with van der Waals surface area (Å²) in [4.78, 5) is 4.79. The molecule has 0 amide bonds. The van der Waals surface area contributed by atoms with Gasteiger partial charge in [0.15, 0.2) is 0 Å². The van der Waals surface area contributed by atoms with Gasteiger partial charge in [-0.15, -0.1) is 12.4 Å². The van der Waals surface area contributed by atoms with E-state index in [1.165, 1.54) is 0 Å². The number of pyridine rings is 1. The van der Waals surface area contributed by atoms with Crippen molar-refractivity contribution >= 4 is 29.6 Å². The average molecular weight is 231 g/mol. The summed E-state index contributed by atoms with van der Waals surface area (Å²) >= 11 is 5.00. The van der Waals surface area contributed by atoms with Gasteiger partial charge in [-0.25, -0.2) is 0 Å². The Bertz CT molecular complexity index is 277. The molecule has 78 valence electrons. The molecule has 4 heteroatoms. The molecule has 0 aliphatic carbocycles. The predicted octanol–water partition coefficient (Wildman–Crippen LogP) is 2.67. The lowest BCUT2D eigenvalue weighted by Crippen LogP contribution is -2.19. The number of hydrogen-bond acceptors (Lipinski definition) is 2. The summed E-state index contributed by atoms with van der Waals surface area (Å²) in [6, 6.07) is 5.83. The average Bonchev–Trinajstić information content (AvgIpc) is 2.15. The van der Waals surface area contributed by atoms with E-state index in [9.17, 15) is 0 Å². The van der Waals surface area contributed by atoms with Gasteiger partial charge in [-0.05, 0) is 18.6 Å². The van der Waals surface area contributed by atoms with Crippen molar-refractivity contribution in [2.75, 3.05) is 0 Å². The van der Waals surface area contributed by atoms with Crippen LogP contribution in [0.5, 0.6) is 0 Å². The normalized spacial score (nSPS) is 11.5. The van der Waals surface area contributed by atoms with Gasteiger partial charge in [-0.3, -0.25) is 4.98 Å². The smallest absolute Gasteiger partial charge is 0.0819 e. The van der Waals surface area contributed by atoms with Gasteiger partial charge in [0.1, 0.15) is 0 Å². The van der Waals surface area contributed by atoms with Crippen LogP contribution in [0.1, 0.15) is 31.4 Å². The molecular formula is C10H15ClN2S. The Hall–Kier alpha value is -0.670. The molecule has 2 N–H and O–H groups in total. The molecule has 0 spiro atoms. The van der Waals surface area contributed by atoms with E-state index in [1.807, 2.05) is 18.2 Å². The lowest BCUT2D eigenvalue weighted by Gasteiger charge is -2.12. The van der Waals surface area contributed by atoms with Crippen LogP contribution in [-0.4, -0.2) is 9.97 Å². The summed E-state index contributed by atoms with van der Waals surface area (Å²) in [5.74, 6) is 0.140. The van der Waals surface area contributed by atoms with Crippen LogP contribution in [0, 0.1) is 0 Å². The third-order valence-electron chi connectivity index (χ3n) is 1.97. The van der Waals surface area contributed by atoms with E-state index in [0.29, 0.717) is 4.99 Å². The van der Waals surface area contributed by atoms with Gasteiger partial charge in [-0.2, -0.15) is 0 Å². The van der Waals surface area contributed by atoms with Crippen LogP contribution >= 0.6 is 24.6 Å². The fourth-order valence-corrected chi connectivity index (χ4v) is 1.55. The van der Waals surface area contributed by atoms with Gasteiger partial charge < -0.3 is 5.73 Å². The second kappa shape index (κ2) is 6.74. The highest BCUT2D eigenvalue weighted by atomic mass is 35.5. The Morgan fingerprint density at radius 2 is 2.29 bits per heavy atom. The highest BCUT2D eigenvalue weighted by molar-refractivity contribution is 7.80. The molecule has 1 rings (SSSR count). The quantitative estimate of drug-likeness (QED) is 0.809. The predicted molar refractivity (Wildman–Crippen MR) is 65.9 cm³/mol. The van der Waals surface area contributed by atoms with E-state index in [-0.39, 0.29) is 18.3 Å². The molecule has 1 aromatic rings. The summed E-state index contributed by atoms with van der Waals surface area (Å²) in [5.41, 5.74) is 6.63. The van der Waals surface area contributed by atoms with Crippen LogP contribution in [0.3, 0.4) is 0 Å². The molecule has 0 aliphatic heterocycles. The molecule has 2 nitrogen and oxygen atoms in total. The second-order valence-electron chi connectivity index (χ2n) is 3.00. The fourth-order valence-electron chi connectivity index (χ4n) is 1.31. The monoisotopic (exact) mass is 230 g/mol. The van der Waals surface area contributed by atoms with Crippen LogP contribution in [0.25, 0.3) is 0 Å². The molecule has 0 aliphatic rings. The zero-order valence-electron chi connectivity index (χ0n) is 8.14. The minimum atomic E-state index is 0. The maximum Gasteiger partial charge on any atom is 0.0819 e. The molecule has 0 fully saturated rings. The lowest BCUT2D eigenvalue weighted by molar-refractivity contribution is 0.729. The van der Waals surface area contributed by atoms with Crippen molar-refractivity contribution in [2.24, 2.45) is 5.73 Å². The summed E-state index contributed by atoms with van der Waals surface area (Å²) < 4.78 is 0. The van der Waals surface area contributed by atoms with Crippen LogP contribution in [-0.2, 0) is 0 Å². The van der Waals surface area contributed by atoms with Crippen molar-refractivity contribution < 1.29 is 0 Å². The van der Waals surface area contributed by atoms with E-state index < -0.39 is 0 Å². The van der Waals surface area contributed by atoms with Crippen LogP contribution < -0.4 is 5.73 Å². The van der Waals surface area contributed by atoms with E-state index in [2.05, 4.69) is 11.9 Å². The highest BCUT2D eigenvalue weighted by Gasteiger charge is 2.13. The van der Waals surface area contributed by atoms with E-state index in [0.717, 1.165) is 18.5 Å². The van der Waals surface area contributed by atoms with Crippen molar-refractivity contribution in [1.82, 2.24) is 4.98 Å². The van der Waals surface area contributed by atoms with Gasteiger partial charge in [0.2, 0.25) is 0 Å². The van der Waals surface area contributed by atoms with E-state index in [4.69, 9.17) is 18.0 Å². The number of nitrogens with two attached hydrogens (primary N) is 1. The molecule has 1 aromatic heterocycles. The maximum absolute atomic E-state index is 5.65. The Balaban J connectivity index is 0.00000169. The van der Waals surface area contributed by atoms with Gasteiger partial charge in [-0.1, -0.05) is 31.6 Å². The molecule has 1 heterocycles. The zero-order chi connectivity index (χ0) is 9.68. The maximum atomic E-state index is 5.65. The number of hydrogen-bond donors (Lipinski definition) is 1. The first-order chi connectivity index (χ1) is 6.25. The van der Waals surface area contributed by atoms with Crippen LogP contribution in [0.4, 0.5) is 0 Å². The topological polar surface area (TPSA) is 38.9 Å². The van der Waals surface area contributed by atoms with Crippen molar-refractivity contribution in [3.8, 4) is 0 Å². The number of thiocarbonyl (C=S) groups is 1. The third kappa shape index (κ3) is 3.60. The van der Waals surface area contributed by atoms with Crippen LogP contribution in [0.2, 0.25) is 0 Å². The second-order valence-corrected chi connectivity index (χ2v) is 3.47. The Morgan fingerprint density at radius 3 is 2.71 bits per heavy atom. The van der Waals surface area contributed by atoms with Crippen LogP contribution in [0.15, 0.2) is 24.4 Å². The molecule has 1 unspecified atom stereocenters. The molecule has 0 bridgehead atoms. The Kier molecular flexibility index (Phi) is 6.41. The first-order valence-corrected chi connectivity index (χ1v) is 4.86. The third-order valence-corrected chi connectivity index (χ3v) is 2.25. The fraction of sp³-hybridized carbons (Fsp3) is 0.400.